The second-order valence-corrected chi connectivity index (χ2v) is 6.51. The highest BCUT2D eigenvalue weighted by molar-refractivity contribution is 5.67. The first kappa shape index (κ1) is 15.6. The van der Waals surface area contributed by atoms with Crippen LogP contribution in [-0.4, -0.2) is 28.3 Å². The van der Waals surface area contributed by atoms with Crippen LogP contribution < -0.4 is 9.80 Å². The van der Waals surface area contributed by atoms with E-state index in [1.165, 1.54) is 16.8 Å². The second kappa shape index (κ2) is 6.51. The van der Waals surface area contributed by atoms with E-state index in [0.717, 1.165) is 18.8 Å². The standard InChI is InChI=1S/C20H21N5/c1-15-12-17-10-6-7-11-18(17)25(15)20-22-19(13-21-23-20)24(2)14-16-8-4-3-5-9-16/h3-11,13,15H,12,14H2,1-2H3. The highest BCUT2D eigenvalue weighted by Gasteiger charge is 2.29. The third-order valence-corrected chi connectivity index (χ3v) is 4.61. The molecule has 2 heterocycles. The van der Waals surface area contributed by atoms with Crippen LogP contribution in [0, 0.1) is 0 Å². The third kappa shape index (κ3) is 3.05. The summed E-state index contributed by atoms with van der Waals surface area (Å²) in [7, 11) is 2.03. The number of fused-ring (bicyclic) bond motifs is 1. The van der Waals surface area contributed by atoms with E-state index < -0.39 is 0 Å². The van der Waals surface area contributed by atoms with Crippen molar-refractivity contribution >= 4 is 17.5 Å². The van der Waals surface area contributed by atoms with Crippen LogP contribution in [-0.2, 0) is 13.0 Å². The molecule has 0 saturated carbocycles. The Bertz CT molecular complexity index is 865. The topological polar surface area (TPSA) is 45.2 Å². The summed E-state index contributed by atoms with van der Waals surface area (Å²) < 4.78 is 0. The molecule has 0 spiro atoms. The van der Waals surface area contributed by atoms with Crippen molar-refractivity contribution in [2.45, 2.75) is 25.9 Å². The van der Waals surface area contributed by atoms with Gasteiger partial charge in [-0.25, -0.2) is 0 Å². The van der Waals surface area contributed by atoms with Gasteiger partial charge in [0.2, 0.25) is 0 Å². The molecule has 25 heavy (non-hydrogen) atoms. The maximum atomic E-state index is 4.78. The molecule has 1 aliphatic heterocycles. The molecule has 0 N–H and O–H groups in total. The summed E-state index contributed by atoms with van der Waals surface area (Å²) in [6.07, 6.45) is 2.72. The van der Waals surface area contributed by atoms with Gasteiger partial charge >= 0.3 is 0 Å². The lowest BCUT2D eigenvalue weighted by Gasteiger charge is -2.24. The molecule has 0 bridgehead atoms. The van der Waals surface area contributed by atoms with Gasteiger partial charge in [0.25, 0.3) is 5.95 Å². The van der Waals surface area contributed by atoms with Gasteiger partial charge in [-0.2, -0.15) is 10.1 Å². The van der Waals surface area contributed by atoms with Crippen molar-refractivity contribution in [3.8, 4) is 0 Å². The Morgan fingerprint density at radius 1 is 1.08 bits per heavy atom. The molecule has 0 radical (unpaired) electrons. The SMILES string of the molecule is CC1Cc2ccccc2N1c1nncc(N(C)Cc2ccccc2)n1. The van der Waals surface area contributed by atoms with Crippen molar-refractivity contribution in [1.82, 2.24) is 15.2 Å². The van der Waals surface area contributed by atoms with Crippen LogP contribution in [0.1, 0.15) is 18.1 Å². The number of nitrogens with zero attached hydrogens (tertiary/aromatic N) is 5. The van der Waals surface area contributed by atoms with E-state index in [0.29, 0.717) is 12.0 Å². The number of hydrogen-bond acceptors (Lipinski definition) is 5. The van der Waals surface area contributed by atoms with Crippen molar-refractivity contribution < 1.29 is 0 Å². The minimum atomic E-state index is 0.328. The maximum Gasteiger partial charge on any atom is 0.252 e. The van der Waals surface area contributed by atoms with Gasteiger partial charge in [0.15, 0.2) is 5.82 Å². The van der Waals surface area contributed by atoms with Crippen molar-refractivity contribution in [1.29, 1.82) is 0 Å². The summed E-state index contributed by atoms with van der Waals surface area (Å²) in [6, 6.07) is 19.1. The average Bonchev–Trinajstić information content (AvgIpc) is 2.98. The second-order valence-electron chi connectivity index (χ2n) is 6.51. The Hall–Kier alpha value is -2.95. The molecule has 1 unspecified atom stereocenters. The summed E-state index contributed by atoms with van der Waals surface area (Å²) in [6.45, 7) is 2.98. The van der Waals surface area contributed by atoms with E-state index in [-0.39, 0.29) is 0 Å². The first-order chi connectivity index (χ1) is 12.2. The Labute approximate surface area is 148 Å². The molecule has 1 aromatic heterocycles. The monoisotopic (exact) mass is 331 g/mol. The van der Waals surface area contributed by atoms with Gasteiger partial charge < -0.3 is 9.80 Å². The number of hydrogen-bond donors (Lipinski definition) is 0. The van der Waals surface area contributed by atoms with Crippen LogP contribution in [0.25, 0.3) is 0 Å². The molecule has 1 aliphatic rings. The highest BCUT2D eigenvalue weighted by atomic mass is 15.4. The predicted molar refractivity (Wildman–Crippen MR) is 100 cm³/mol. The summed E-state index contributed by atoms with van der Waals surface area (Å²) >= 11 is 0. The molecule has 5 heteroatoms. The number of anilines is 3. The molecule has 1 atom stereocenters. The quantitative estimate of drug-likeness (QED) is 0.731. The van der Waals surface area contributed by atoms with Crippen molar-refractivity contribution in [3.63, 3.8) is 0 Å². The van der Waals surface area contributed by atoms with Gasteiger partial charge in [0, 0.05) is 25.3 Å². The third-order valence-electron chi connectivity index (χ3n) is 4.61. The minimum absolute atomic E-state index is 0.328. The van der Waals surface area contributed by atoms with E-state index >= 15 is 0 Å². The smallest absolute Gasteiger partial charge is 0.252 e. The van der Waals surface area contributed by atoms with Crippen LogP contribution >= 0.6 is 0 Å². The number of benzene rings is 2. The largest absolute Gasteiger partial charge is 0.354 e. The predicted octanol–water partition coefficient (Wildman–Crippen LogP) is 3.59. The Morgan fingerprint density at radius 3 is 2.68 bits per heavy atom. The lowest BCUT2D eigenvalue weighted by molar-refractivity contribution is 0.726. The summed E-state index contributed by atoms with van der Waals surface area (Å²) in [5.74, 6) is 1.49. The van der Waals surface area contributed by atoms with Crippen LogP contribution in [0.5, 0.6) is 0 Å². The highest BCUT2D eigenvalue weighted by Crippen LogP contribution is 2.36. The molecule has 3 aromatic rings. The molecule has 2 aromatic carbocycles. The lowest BCUT2D eigenvalue weighted by Crippen LogP contribution is -2.27. The zero-order valence-electron chi connectivity index (χ0n) is 14.5. The van der Waals surface area contributed by atoms with Crippen LogP contribution in [0.15, 0.2) is 60.8 Å². The van der Waals surface area contributed by atoms with E-state index in [1.54, 1.807) is 6.20 Å². The normalized spacial score (nSPS) is 15.9. The number of aromatic nitrogens is 3. The molecule has 0 fully saturated rings. The number of para-hydroxylation sites is 1. The fraction of sp³-hybridized carbons (Fsp3) is 0.250. The van der Waals surface area contributed by atoms with Gasteiger partial charge in [-0.05, 0) is 30.5 Å². The Morgan fingerprint density at radius 2 is 1.84 bits per heavy atom. The first-order valence-electron chi connectivity index (χ1n) is 8.54. The average molecular weight is 331 g/mol. The van der Waals surface area contributed by atoms with Crippen LogP contribution in [0.3, 0.4) is 0 Å². The summed E-state index contributed by atoms with van der Waals surface area (Å²) in [5, 5.41) is 8.50. The number of rotatable bonds is 4. The van der Waals surface area contributed by atoms with Gasteiger partial charge in [-0.15, -0.1) is 5.10 Å². The fourth-order valence-electron chi connectivity index (χ4n) is 3.38. The molecule has 0 saturated heterocycles. The molecule has 4 rings (SSSR count). The van der Waals surface area contributed by atoms with E-state index in [2.05, 4.69) is 75.5 Å². The van der Waals surface area contributed by atoms with Gasteiger partial charge in [-0.3, -0.25) is 0 Å². The van der Waals surface area contributed by atoms with Gasteiger partial charge in [-0.1, -0.05) is 48.5 Å². The van der Waals surface area contributed by atoms with Crippen molar-refractivity contribution in [2.75, 3.05) is 16.8 Å². The minimum Gasteiger partial charge on any atom is -0.354 e. The van der Waals surface area contributed by atoms with Gasteiger partial charge in [0.1, 0.15) is 0 Å². The molecular weight excluding hydrogens is 310 g/mol. The summed E-state index contributed by atoms with van der Waals surface area (Å²) in [4.78, 5) is 9.06. The Kier molecular flexibility index (Phi) is 4.06. The molecule has 5 nitrogen and oxygen atoms in total. The Balaban J connectivity index is 1.62. The molecule has 0 aliphatic carbocycles. The van der Waals surface area contributed by atoms with Crippen LogP contribution in [0.2, 0.25) is 0 Å². The van der Waals surface area contributed by atoms with E-state index in [4.69, 9.17) is 4.98 Å². The van der Waals surface area contributed by atoms with Gasteiger partial charge in [0.05, 0.1) is 6.20 Å². The fourth-order valence-corrected chi connectivity index (χ4v) is 3.38. The van der Waals surface area contributed by atoms with E-state index in [1.807, 2.05) is 13.1 Å². The lowest BCUT2D eigenvalue weighted by atomic mass is 10.1. The summed E-state index contributed by atoms with van der Waals surface area (Å²) in [5.41, 5.74) is 3.76. The van der Waals surface area contributed by atoms with E-state index in [9.17, 15) is 0 Å². The van der Waals surface area contributed by atoms with Crippen molar-refractivity contribution in [2.24, 2.45) is 0 Å². The first-order valence-corrected chi connectivity index (χ1v) is 8.54. The molecule has 0 amide bonds. The zero-order valence-corrected chi connectivity index (χ0v) is 14.5. The van der Waals surface area contributed by atoms with Crippen LogP contribution in [0.4, 0.5) is 17.5 Å². The molecular formula is C20H21N5. The zero-order chi connectivity index (χ0) is 17.2. The van der Waals surface area contributed by atoms with Crippen molar-refractivity contribution in [3.05, 3.63) is 71.9 Å². The molecule has 126 valence electrons. The maximum absolute atomic E-state index is 4.78.